The second-order valence-corrected chi connectivity index (χ2v) is 9.61. The summed E-state index contributed by atoms with van der Waals surface area (Å²) in [5.74, 6) is -2.84. The van der Waals surface area contributed by atoms with Crippen molar-refractivity contribution in [2.75, 3.05) is 35.5 Å². The molecule has 3 atom stereocenters. The van der Waals surface area contributed by atoms with Crippen LogP contribution in [0.2, 0.25) is 0 Å². The summed E-state index contributed by atoms with van der Waals surface area (Å²) in [5.41, 5.74) is 2.31. The van der Waals surface area contributed by atoms with E-state index in [0.29, 0.717) is 46.2 Å². The minimum Gasteiger partial charge on any atom is -0.493 e. The molecule has 1 aliphatic carbocycles. The molecule has 1 N–H and O–H groups in total. The topological polar surface area (TPSA) is 109 Å². The molecule has 0 saturated heterocycles. The summed E-state index contributed by atoms with van der Waals surface area (Å²) < 4.78 is 26.7. The molecule has 0 fully saturated rings. The number of benzene rings is 1. The number of carbonyl (C=O) groups is 3. The van der Waals surface area contributed by atoms with Crippen molar-refractivity contribution in [1.29, 1.82) is 0 Å². The van der Waals surface area contributed by atoms with Crippen LogP contribution in [0.1, 0.15) is 35.6 Å². The van der Waals surface area contributed by atoms with Crippen LogP contribution in [0.3, 0.4) is 0 Å². The highest BCUT2D eigenvalue weighted by Crippen LogP contribution is 2.51. The Balaban J connectivity index is 1.97. The molecule has 3 unspecified atom stereocenters. The van der Waals surface area contributed by atoms with E-state index in [4.69, 9.17) is 23.7 Å². The second kappa shape index (κ2) is 10.7. The van der Waals surface area contributed by atoms with Crippen molar-refractivity contribution >= 4 is 29.1 Å². The molecular formula is C27H29NO8S. The van der Waals surface area contributed by atoms with E-state index in [1.807, 2.05) is 17.5 Å². The van der Waals surface area contributed by atoms with Crippen LogP contribution in [-0.2, 0) is 23.9 Å². The lowest BCUT2D eigenvalue weighted by Crippen LogP contribution is -2.43. The van der Waals surface area contributed by atoms with Gasteiger partial charge in [-0.05, 0) is 42.5 Å². The van der Waals surface area contributed by atoms with Gasteiger partial charge in [0.2, 0.25) is 5.75 Å². The number of hydrogen-bond donors (Lipinski definition) is 1. The molecule has 0 spiro atoms. The number of esters is 2. The molecule has 10 heteroatoms. The number of carbonyl (C=O) groups excluding carboxylic acids is 3. The fraction of sp³-hybridized carbons (Fsp3) is 0.370. The molecule has 1 aromatic heterocycles. The van der Waals surface area contributed by atoms with Gasteiger partial charge in [-0.3, -0.25) is 9.59 Å². The highest BCUT2D eigenvalue weighted by Gasteiger charge is 2.49. The zero-order valence-corrected chi connectivity index (χ0v) is 22.3. The Morgan fingerprint density at radius 3 is 2.19 bits per heavy atom. The van der Waals surface area contributed by atoms with Crippen LogP contribution >= 0.6 is 11.3 Å². The maximum Gasteiger partial charge on any atom is 0.336 e. The largest absolute Gasteiger partial charge is 0.493 e. The molecule has 1 aromatic carbocycles. The van der Waals surface area contributed by atoms with Crippen molar-refractivity contribution in [2.45, 2.75) is 25.2 Å². The van der Waals surface area contributed by atoms with Crippen LogP contribution in [0, 0.1) is 5.92 Å². The van der Waals surface area contributed by atoms with Crippen LogP contribution in [-0.4, -0.2) is 53.3 Å². The molecule has 1 aliphatic heterocycles. The van der Waals surface area contributed by atoms with E-state index in [9.17, 15) is 14.4 Å². The Bertz CT molecular complexity index is 1270. The van der Waals surface area contributed by atoms with Crippen LogP contribution in [0.5, 0.6) is 17.2 Å². The number of ketones is 1. The average molecular weight is 528 g/mol. The standard InChI is InChI=1S/C27H29NO8S/c1-13-20(26(30)35-5)21(14-10-17(32-2)25(34-4)18(11-14)33-3)23-16(28-13)12-15(19-8-7-9-37-19)22(24(23)29)27(31)36-6/h7-11,15,21-22,28H,12H2,1-6H3. The van der Waals surface area contributed by atoms with Crippen molar-refractivity contribution in [1.82, 2.24) is 5.32 Å². The molecule has 0 saturated carbocycles. The molecule has 2 aromatic rings. The van der Waals surface area contributed by atoms with Crippen LogP contribution < -0.4 is 19.5 Å². The van der Waals surface area contributed by atoms with Gasteiger partial charge in [-0.2, -0.15) is 0 Å². The van der Waals surface area contributed by atoms with E-state index >= 15 is 0 Å². The van der Waals surface area contributed by atoms with E-state index in [0.717, 1.165) is 4.88 Å². The number of nitrogens with one attached hydrogen (secondary N) is 1. The van der Waals surface area contributed by atoms with Gasteiger partial charge in [-0.15, -0.1) is 11.3 Å². The number of dihydropyridines is 1. The third-order valence-electron chi connectivity index (χ3n) is 6.81. The van der Waals surface area contributed by atoms with E-state index in [-0.39, 0.29) is 5.57 Å². The van der Waals surface area contributed by atoms with Gasteiger partial charge in [0.05, 0.1) is 41.1 Å². The van der Waals surface area contributed by atoms with Gasteiger partial charge in [0.15, 0.2) is 17.3 Å². The highest BCUT2D eigenvalue weighted by molar-refractivity contribution is 7.10. The Morgan fingerprint density at radius 1 is 1.00 bits per heavy atom. The van der Waals surface area contributed by atoms with Gasteiger partial charge in [0.25, 0.3) is 0 Å². The third kappa shape index (κ3) is 4.46. The maximum atomic E-state index is 14.2. The summed E-state index contributed by atoms with van der Waals surface area (Å²) in [5, 5.41) is 5.17. The molecule has 2 heterocycles. The summed E-state index contributed by atoms with van der Waals surface area (Å²) in [6.07, 6.45) is 0.383. The Labute approximate surface area is 219 Å². The maximum absolute atomic E-state index is 14.2. The second-order valence-electron chi connectivity index (χ2n) is 8.63. The van der Waals surface area contributed by atoms with Crippen molar-refractivity contribution < 1.29 is 38.1 Å². The number of rotatable bonds is 7. The Hall–Kier alpha value is -3.79. The molecule has 0 amide bonds. The lowest BCUT2D eigenvalue weighted by Gasteiger charge is -2.39. The lowest BCUT2D eigenvalue weighted by atomic mass is 9.68. The van der Waals surface area contributed by atoms with Gasteiger partial charge >= 0.3 is 11.9 Å². The SMILES string of the molecule is COC(=O)C1=C(C)NC2=C(C(=O)C(C(=O)OC)C(c3cccs3)C2)C1c1cc(OC)c(OC)c(OC)c1. The average Bonchev–Trinajstić information content (AvgIpc) is 3.45. The van der Waals surface area contributed by atoms with E-state index < -0.39 is 35.5 Å². The number of Topliss-reactive ketones (excluding diaryl/α,β-unsaturated/α-hetero) is 1. The van der Waals surface area contributed by atoms with E-state index in [1.165, 1.54) is 46.9 Å². The minimum atomic E-state index is -1.06. The normalized spacial score (nSPS) is 21.1. The zero-order valence-electron chi connectivity index (χ0n) is 21.5. The van der Waals surface area contributed by atoms with E-state index in [1.54, 1.807) is 19.1 Å². The number of methoxy groups -OCH3 is 5. The molecule has 196 valence electrons. The fourth-order valence-corrected chi connectivity index (χ4v) is 6.05. The first-order valence-corrected chi connectivity index (χ1v) is 12.4. The van der Waals surface area contributed by atoms with Gasteiger partial charge in [-0.25, -0.2) is 4.79 Å². The lowest BCUT2D eigenvalue weighted by molar-refractivity contribution is -0.149. The summed E-state index contributed by atoms with van der Waals surface area (Å²) >= 11 is 1.48. The third-order valence-corrected chi connectivity index (χ3v) is 7.81. The molecule has 0 radical (unpaired) electrons. The van der Waals surface area contributed by atoms with Crippen molar-refractivity contribution in [3.63, 3.8) is 0 Å². The van der Waals surface area contributed by atoms with Crippen LogP contribution in [0.4, 0.5) is 0 Å². The van der Waals surface area contributed by atoms with Crippen LogP contribution in [0.15, 0.2) is 52.2 Å². The van der Waals surface area contributed by atoms with Gasteiger partial charge < -0.3 is 29.0 Å². The first-order valence-electron chi connectivity index (χ1n) is 11.6. The smallest absolute Gasteiger partial charge is 0.336 e. The first-order chi connectivity index (χ1) is 17.8. The van der Waals surface area contributed by atoms with Gasteiger partial charge in [-0.1, -0.05) is 6.07 Å². The Kier molecular flexibility index (Phi) is 7.58. The zero-order chi connectivity index (χ0) is 26.9. The molecule has 0 bridgehead atoms. The van der Waals surface area contributed by atoms with Gasteiger partial charge in [0, 0.05) is 33.7 Å². The van der Waals surface area contributed by atoms with Crippen molar-refractivity contribution in [2.24, 2.45) is 5.92 Å². The molecule has 9 nitrogen and oxygen atoms in total. The summed E-state index contributed by atoms with van der Waals surface area (Å²) in [4.78, 5) is 41.1. The number of hydrogen-bond acceptors (Lipinski definition) is 10. The summed E-state index contributed by atoms with van der Waals surface area (Å²) in [7, 11) is 7.02. The number of allylic oxidation sites excluding steroid dienone is 3. The number of ether oxygens (including phenoxy) is 5. The van der Waals surface area contributed by atoms with Crippen LogP contribution in [0.25, 0.3) is 0 Å². The number of thiophene rings is 1. The highest BCUT2D eigenvalue weighted by atomic mass is 32.1. The van der Waals surface area contributed by atoms with E-state index in [2.05, 4.69) is 5.32 Å². The predicted octanol–water partition coefficient (Wildman–Crippen LogP) is 3.71. The van der Waals surface area contributed by atoms with Crippen molar-refractivity contribution in [3.8, 4) is 17.2 Å². The fourth-order valence-electron chi connectivity index (χ4n) is 5.18. The predicted molar refractivity (Wildman–Crippen MR) is 136 cm³/mol. The van der Waals surface area contributed by atoms with Gasteiger partial charge in [0.1, 0.15) is 5.92 Å². The molecule has 37 heavy (non-hydrogen) atoms. The minimum absolute atomic E-state index is 0.252. The quantitative estimate of drug-likeness (QED) is 0.426. The van der Waals surface area contributed by atoms with Crippen molar-refractivity contribution in [3.05, 3.63) is 62.6 Å². The monoisotopic (exact) mass is 527 g/mol. The summed E-state index contributed by atoms with van der Waals surface area (Å²) in [6, 6.07) is 7.19. The molecule has 2 aliphatic rings. The first kappa shape index (κ1) is 26.3. The molecule has 4 rings (SSSR count). The molecular weight excluding hydrogens is 498 g/mol. The summed E-state index contributed by atoms with van der Waals surface area (Å²) in [6.45, 7) is 1.76. The Morgan fingerprint density at radius 2 is 1.68 bits per heavy atom.